The third kappa shape index (κ3) is 6.68. The third-order valence-electron chi connectivity index (χ3n) is 9.00. The van der Waals surface area contributed by atoms with E-state index in [0.29, 0.717) is 24.5 Å². The van der Waals surface area contributed by atoms with Gasteiger partial charge in [0.05, 0.1) is 25.1 Å². The van der Waals surface area contributed by atoms with Gasteiger partial charge in [-0.15, -0.1) is 0 Å². The second-order valence-electron chi connectivity index (χ2n) is 12.0. The molecule has 0 aliphatic carbocycles. The van der Waals surface area contributed by atoms with Gasteiger partial charge in [0.2, 0.25) is 17.7 Å². The van der Waals surface area contributed by atoms with E-state index in [-0.39, 0.29) is 44.1 Å². The number of rotatable bonds is 3. The van der Waals surface area contributed by atoms with Gasteiger partial charge in [0.25, 0.3) is 5.91 Å². The van der Waals surface area contributed by atoms with Crippen LogP contribution in [0.1, 0.15) is 28.8 Å². The van der Waals surface area contributed by atoms with Crippen LogP contribution in [0.5, 0.6) is 0 Å². The maximum atomic E-state index is 14.1. The fourth-order valence-electron chi connectivity index (χ4n) is 6.68. The predicted molar refractivity (Wildman–Crippen MR) is 158 cm³/mol. The molecule has 0 unspecified atom stereocenters. The number of aliphatic hydroxyl groups is 2. The lowest BCUT2D eigenvalue weighted by Gasteiger charge is -2.42. The Morgan fingerprint density at radius 3 is 2.51 bits per heavy atom. The number of hydrogen-bond donors (Lipinski definition) is 4. The van der Waals surface area contributed by atoms with E-state index in [0.717, 1.165) is 17.7 Å². The van der Waals surface area contributed by atoms with Crippen molar-refractivity contribution in [2.24, 2.45) is 0 Å². The number of piperazine rings is 1. The molecule has 4 N–H and O–H groups in total. The molecule has 12 nitrogen and oxygen atoms in total. The van der Waals surface area contributed by atoms with Crippen molar-refractivity contribution in [1.82, 2.24) is 25.3 Å². The molecule has 4 aliphatic heterocycles. The van der Waals surface area contributed by atoms with Crippen molar-refractivity contribution in [3.63, 3.8) is 0 Å². The van der Waals surface area contributed by atoms with Crippen LogP contribution in [0, 0.1) is 5.82 Å². The van der Waals surface area contributed by atoms with Crippen LogP contribution in [0.15, 0.2) is 48.5 Å². The van der Waals surface area contributed by atoms with Gasteiger partial charge in [-0.1, -0.05) is 23.7 Å². The lowest BCUT2D eigenvalue weighted by Crippen LogP contribution is -2.63. The van der Waals surface area contributed by atoms with E-state index < -0.39 is 66.1 Å². The van der Waals surface area contributed by atoms with Crippen molar-refractivity contribution in [3.05, 3.63) is 70.5 Å². The zero-order valence-electron chi connectivity index (χ0n) is 24.4. The summed E-state index contributed by atoms with van der Waals surface area (Å²) in [6, 6.07) is 10.2. The highest BCUT2D eigenvalue weighted by Crippen LogP contribution is 2.28. The van der Waals surface area contributed by atoms with E-state index in [4.69, 9.17) is 16.3 Å². The van der Waals surface area contributed by atoms with E-state index in [1.165, 1.54) is 17.0 Å². The maximum absolute atomic E-state index is 14.1. The molecule has 0 radical (unpaired) electrons. The molecule has 6 bridgehead atoms. The monoisotopic (exact) mass is 643 g/mol. The summed E-state index contributed by atoms with van der Waals surface area (Å²) in [6.45, 7) is 0.652. The molecule has 240 valence electrons. The van der Waals surface area contributed by atoms with Crippen LogP contribution in [-0.4, -0.2) is 124 Å². The number of nitrogens with zero attached hydrogens (tertiary/aromatic N) is 3. The van der Waals surface area contributed by atoms with E-state index in [1.54, 1.807) is 11.0 Å². The summed E-state index contributed by atoms with van der Waals surface area (Å²) >= 11 is 6.22. The molecule has 14 heteroatoms. The van der Waals surface area contributed by atoms with Gasteiger partial charge >= 0.3 is 0 Å². The number of likely N-dealkylation sites (tertiary alicyclic amines) is 1. The molecule has 7 atom stereocenters. The number of aliphatic hydroxyl groups excluding tert-OH is 2. The maximum Gasteiger partial charge on any atom is 0.254 e. The fraction of sp³-hybridized carbons (Fsp3) is 0.484. The number of carbonyl (C=O) groups is 4. The Balaban J connectivity index is 1.30. The lowest BCUT2D eigenvalue weighted by atomic mass is 10.0. The summed E-state index contributed by atoms with van der Waals surface area (Å²) in [7, 11) is 0. The normalized spacial score (nSPS) is 31.1. The molecule has 0 aromatic heterocycles. The molecular weight excluding hydrogens is 609 g/mol. The topological polar surface area (TPSA) is 152 Å². The molecule has 45 heavy (non-hydrogen) atoms. The first-order valence-electron chi connectivity index (χ1n) is 15.0. The van der Waals surface area contributed by atoms with Crippen LogP contribution >= 0.6 is 11.6 Å². The summed E-state index contributed by atoms with van der Waals surface area (Å²) in [5.74, 6) is -2.20. The number of nitrogens with one attached hydrogen (secondary N) is 2. The van der Waals surface area contributed by atoms with Crippen LogP contribution in [0.25, 0.3) is 0 Å². The Morgan fingerprint density at radius 2 is 1.76 bits per heavy atom. The molecule has 4 aliphatic rings. The van der Waals surface area contributed by atoms with E-state index >= 15 is 0 Å². The fourth-order valence-corrected chi connectivity index (χ4v) is 6.89. The molecular formula is C31H35ClFN5O7. The molecule has 2 aromatic rings. The highest BCUT2D eigenvalue weighted by atomic mass is 35.5. The number of amides is 4. The van der Waals surface area contributed by atoms with E-state index in [2.05, 4.69) is 10.6 Å². The number of fused-ring (bicyclic) bond motifs is 6. The average Bonchev–Trinajstić information content (AvgIpc) is 3.53. The second-order valence-corrected chi connectivity index (χ2v) is 12.5. The van der Waals surface area contributed by atoms with Gasteiger partial charge in [-0.3, -0.25) is 24.1 Å². The Morgan fingerprint density at radius 1 is 1.00 bits per heavy atom. The smallest absolute Gasteiger partial charge is 0.254 e. The van der Waals surface area contributed by atoms with Gasteiger partial charge in [-0.2, -0.15) is 0 Å². The molecule has 2 aromatic carbocycles. The second kappa shape index (κ2) is 13.0. The van der Waals surface area contributed by atoms with Crippen molar-refractivity contribution in [2.75, 3.05) is 32.7 Å². The van der Waals surface area contributed by atoms with Crippen LogP contribution in [0.4, 0.5) is 4.39 Å². The number of carbonyl (C=O) groups excluding carboxylic acids is 4. The minimum absolute atomic E-state index is 0.0462. The van der Waals surface area contributed by atoms with Crippen molar-refractivity contribution < 1.29 is 38.5 Å². The summed E-state index contributed by atoms with van der Waals surface area (Å²) in [4.78, 5) is 59.2. The molecule has 6 rings (SSSR count). The highest BCUT2D eigenvalue weighted by Gasteiger charge is 2.47. The van der Waals surface area contributed by atoms with Gasteiger partial charge in [0.15, 0.2) is 0 Å². The SMILES string of the molecule is O=C1C[C@@H]2O[C@H](CNC(=O)[C@@H]3CN(CCN3C(=O)c3ccc(F)cc3)C(=O)[C@@H]3C[C@@H](CN3Cc3cccc(Cl)c3)N1)[C@@H](O)[C@H]2O. The molecule has 0 saturated carbocycles. The third-order valence-corrected chi connectivity index (χ3v) is 9.24. The predicted octanol–water partition coefficient (Wildman–Crippen LogP) is -0.0995. The quantitative estimate of drug-likeness (QED) is 0.362. The average molecular weight is 644 g/mol. The zero-order chi connectivity index (χ0) is 31.8. The first-order valence-corrected chi connectivity index (χ1v) is 15.4. The van der Waals surface area contributed by atoms with Gasteiger partial charge in [0.1, 0.15) is 30.2 Å². The molecule has 0 spiro atoms. The van der Waals surface area contributed by atoms with Crippen molar-refractivity contribution in [2.45, 2.75) is 61.9 Å². The molecule has 4 amide bonds. The number of halogens is 2. The van der Waals surface area contributed by atoms with E-state index in [1.807, 2.05) is 23.1 Å². The molecule has 4 heterocycles. The minimum Gasteiger partial charge on any atom is -0.388 e. The molecule has 4 saturated heterocycles. The standard InChI is InChI=1S/C31H35ClFN5O7/c32-19-3-1-2-17(10-19)14-37-15-21-11-22(37)31(44)36-8-9-38(30(43)18-4-6-20(33)7-5-18)23(16-36)29(42)34-13-25-28(41)27(40)24(45-25)12-26(39)35-21/h1-7,10,21-25,27-28,40-41H,8-9,11-16H2,(H,34,42)(H,35,39)/t21-,22-,23-,24-,25+,27-,28+/m0/s1. The first-order chi connectivity index (χ1) is 21.6. The first kappa shape index (κ1) is 31.4. The minimum atomic E-state index is -1.36. The molecule has 4 fully saturated rings. The summed E-state index contributed by atoms with van der Waals surface area (Å²) in [5.41, 5.74) is 1.08. The lowest BCUT2D eigenvalue weighted by molar-refractivity contribution is -0.141. The van der Waals surface area contributed by atoms with Crippen molar-refractivity contribution in [3.8, 4) is 0 Å². The number of benzene rings is 2. The Hall–Kier alpha value is -3.62. The van der Waals surface area contributed by atoms with Crippen LogP contribution < -0.4 is 10.6 Å². The Kier molecular flexibility index (Phi) is 9.07. The van der Waals surface area contributed by atoms with Gasteiger partial charge in [-0.05, 0) is 48.4 Å². The van der Waals surface area contributed by atoms with Crippen molar-refractivity contribution >= 4 is 35.2 Å². The highest BCUT2D eigenvalue weighted by molar-refractivity contribution is 6.30. The van der Waals surface area contributed by atoms with Crippen LogP contribution in [0.2, 0.25) is 5.02 Å². The Labute approximate surface area is 264 Å². The van der Waals surface area contributed by atoms with E-state index in [9.17, 15) is 33.8 Å². The van der Waals surface area contributed by atoms with Gasteiger partial charge in [0, 0.05) is 49.4 Å². The summed E-state index contributed by atoms with van der Waals surface area (Å²) in [6.07, 6.45) is -4.63. The number of hydrogen-bond acceptors (Lipinski definition) is 8. The van der Waals surface area contributed by atoms with Crippen molar-refractivity contribution in [1.29, 1.82) is 0 Å². The zero-order valence-corrected chi connectivity index (χ0v) is 25.1. The largest absolute Gasteiger partial charge is 0.388 e. The summed E-state index contributed by atoms with van der Waals surface area (Å²) in [5, 5.41) is 27.4. The number of ether oxygens (including phenoxy) is 1. The van der Waals surface area contributed by atoms with Crippen LogP contribution in [-0.2, 0) is 25.7 Å². The van der Waals surface area contributed by atoms with Gasteiger partial charge < -0.3 is 35.4 Å². The Bertz CT molecular complexity index is 1460. The van der Waals surface area contributed by atoms with Crippen LogP contribution in [0.3, 0.4) is 0 Å². The summed E-state index contributed by atoms with van der Waals surface area (Å²) < 4.78 is 19.4. The van der Waals surface area contributed by atoms with Gasteiger partial charge in [-0.25, -0.2) is 4.39 Å².